The minimum atomic E-state index is 0.597. The second-order valence-corrected chi connectivity index (χ2v) is 4.27. The van der Waals surface area contributed by atoms with Crippen LogP contribution in [0.15, 0.2) is 74.3 Å². The molecule has 22 heavy (non-hydrogen) atoms. The molecule has 2 heteroatoms. The fourth-order valence-corrected chi connectivity index (χ4v) is 1.36. The lowest BCUT2D eigenvalue weighted by atomic mass is 10.1. The Bertz CT molecular complexity index is 498. The van der Waals surface area contributed by atoms with Gasteiger partial charge in [0.25, 0.3) is 0 Å². The molecule has 0 aliphatic carbocycles. The van der Waals surface area contributed by atoms with Crippen molar-refractivity contribution < 1.29 is 0 Å². The standard InChI is InChI=1S/C10H10.C8H8.C2H8N2/c1-3-9-5-7-10(4-2)8-6-9;1-2-8-6-4-3-5-7-8;3-1-2-4/h3-8H,1-2H2;2-7H,1H2;1-4H2. The Hall–Kier alpha value is -2.42. The Balaban J connectivity index is 0.000000330. The van der Waals surface area contributed by atoms with Crippen molar-refractivity contribution in [1.29, 1.82) is 0 Å². The normalized spacial score (nSPS) is 8.45. The van der Waals surface area contributed by atoms with E-state index in [-0.39, 0.29) is 0 Å². The molecule has 116 valence electrons. The molecular formula is C20H26N2. The molecule has 2 nitrogen and oxygen atoms in total. The van der Waals surface area contributed by atoms with Crippen LogP contribution in [0.4, 0.5) is 0 Å². The van der Waals surface area contributed by atoms with Gasteiger partial charge in [0.15, 0.2) is 0 Å². The van der Waals surface area contributed by atoms with Crippen molar-refractivity contribution in [3.63, 3.8) is 0 Å². The quantitative estimate of drug-likeness (QED) is 0.887. The van der Waals surface area contributed by atoms with E-state index < -0.39 is 0 Å². The number of nitrogens with two attached hydrogens (primary N) is 2. The van der Waals surface area contributed by atoms with Gasteiger partial charge in [0, 0.05) is 13.1 Å². The number of hydrogen-bond donors (Lipinski definition) is 2. The smallest absolute Gasteiger partial charge is 0.00461 e. The van der Waals surface area contributed by atoms with Gasteiger partial charge in [-0.2, -0.15) is 0 Å². The molecule has 0 spiro atoms. The molecule has 0 heterocycles. The number of rotatable bonds is 4. The van der Waals surface area contributed by atoms with Gasteiger partial charge in [0.05, 0.1) is 0 Å². The summed E-state index contributed by atoms with van der Waals surface area (Å²) in [4.78, 5) is 0. The van der Waals surface area contributed by atoms with Crippen molar-refractivity contribution in [3.05, 3.63) is 91.0 Å². The summed E-state index contributed by atoms with van der Waals surface area (Å²) in [6.45, 7) is 12.1. The highest BCUT2D eigenvalue weighted by atomic mass is 14.6. The predicted octanol–water partition coefficient (Wildman–Crippen LogP) is 4.21. The van der Waals surface area contributed by atoms with E-state index in [1.54, 1.807) is 0 Å². The number of benzene rings is 2. The molecule has 2 rings (SSSR count). The van der Waals surface area contributed by atoms with E-state index in [0.29, 0.717) is 13.1 Å². The molecule has 0 aliphatic heterocycles. The molecule has 0 saturated heterocycles. The zero-order valence-electron chi connectivity index (χ0n) is 13.1. The first-order valence-corrected chi connectivity index (χ1v) is 7.14. The van der Waals surface area contributed by atoms with Crippen LogP contribution in [0.25, 0.3) is 18.2 Å². The Kier molecular flexibility index (Phi) is 12.1. The van der Waals surface area contributed by atoms with Crippen LogP contribution in [0.2, 0.25) is 0 Å². The van der Waals surface area contributed by atoms with Crippen LogP contribution in [-0.2, 0) is 0 Å². The van der Waals surface area contributed by atoms with Crippen LogP contribution in [0.3, 0.4) is 0 Å². The molecule has 2 aromatic rings. The summed E-state index contributed by atoms with van der Waals surface area (Å²) in [5, 5.41) is 0. The fourth-order valence-electron chi connectivity index (χ4n) is 1.36. The van der Waals surface area contributed by atoms with Gasteiger partial charge in [-0.1, -0.05) is 92.6 Å². The number of hydrogen-bond acceptors (Lipinski definition) is 2. The molecule has 4 N–H and O–H groups in total. The van der Waals surface area contributed by atoms with Gasteiger partial charge < -0.3 is 11.5 Å². The van der Waals surface area contributed by atoms with Crippen LogP contribution >= 0.6 is 0 Å². The lowest BCUT2D eigenvalue weighted by Gasteiger charge is -1.92. The first-order chi connectivity index (χ1) is 10.7. The van der Waals surface area contributed by atoms with E-state index >= 15 is 0 Å². The lowest BCUT2D eigenvalue weighted by molar-refractivity contribution is 0.976. The molecule has 0 amide bonds. The molecular weight excluding hydrogens is 268 g/mol. The van der Waals surface area contributed by atoms with E-state index in [1.165, 1.54) is 5.56 Å². The lowest BCUT2D eigenvalue weighted by Crippen LogP contribution is -2.11. The predicted molar refractivity (Wildman–Crippen MR) is 101 cm³/mol. The SMILES string of the molecule is C=Cc1ccc(C=C)cc1.C=Cc1ccccc1.NCCN. The van der Waals surface area contributed by atoms with Crippen molar-refractivity contribution in [2.75, 3.05) is 13.1 Å². The zero-order valence-corrected chi connectivity index (χ0v) is 13.1. The molecule has 0 aliphatic rings. The van der Waals surface area contributed by atoms with E-state index in [4.69, 9.17) is 11.5 Å². The maximum absolute atomic E-state index is 4.90. The monoisotopic (exact) mass is 294 g/mol. The van der Waals surface area contributed by atoms with Gasteiger partial charge in [-0.05, 0) is 16.7 Å². The van der Waals surface area contributed by atoms with Crippen LogP contribution in [0, 0.1) is 0 Å². The van der Waals surface area contributed by atoms with Crippen LogP contribution < -0.4 is 11.5 Å². The van der Waals surface area contributed by atoms with Crippen LogP contribution in [0.1, 0.15) is 16.7 Å². The molecule has 2 aromatic carbocycles. The van der Waals surface area contributed by atoms with Gasteiger partial charge in [0.2, 0.25) is 0 Å². The molecule has 0 aromatic heterocycles. The third-order valence-electron chi connectivity index (χ3n) is 2.61. The average Bonchev–Trinajstić information content (AvgIpc) is 2.63. The summed E-state index contributed by atoms with van der Waals surface area (Å²) >= 11 is 0. The van der Waals surface area contributed by atoms with E-state index in [1.807, 2.05) is 72.8 Å². The van der Waals surface area contributed by atoms with Crippen molar-refractivity contribution >= 4 is 18.2 Å². The van der Waals surface area contributed by atoms with E-state index in [9.17, 15) is 0 Å². The fraction of sp³-hybridized carbons (Fsp3) is 0.100. The summed E-state index contributed by atoms with van der Waals surface area (Å²) in [6, 6.07) is 18.1. The maximum atomic E-state index is 4.90. The highest BCUT2D eigenvalue weighted by Crippen LogP contribution is 2.05. The van der Waals surface area contributed by atoms with Gasteiger partial charge in [-0.15, -0.1) is 0 Å². The van der Waals surface area contributed by atoms with Crippen molar-refractivity contribution in [1.82, 2.24) is 0 Å². The molecule has 0 saturated carbocycles. The first-order valence-electron chi connectivity index (χ1n) is 7.14. The van der Waals surface area contributed by atoms with Gasteiger partial charge in [-0.25, -0.2) is 0 Å². The Labute approximate surface area is 134 Å². The molecule has 0 unspecified atom stereocenters. The van der Waals surface area contributed by atoms with Gasteiger partial charge in [0.1, 0.15) is 0 Å². The highest BCUT2D eigenvalue weighted by Gasteiger charge is 1.84. The summed E-state index contributed by atoms with van der Waals surface area (Å²) in [5.41, 5.74) is 13.3. The maximum Gasteiger partial charge on any atom is 0.00461 e. The second kappa shape index (κ2) is 13.6. The van der Waals surface area contributed by atoms with Crippen molar-refractivity contribution in [3.8, 4) is 0 Å². The summed E-state index contributed by atoms with van der Waals surface area (Å²) < 4.78 is 0. The molecule has 0 atom stereocenters. The van der Waals surface area contributed by atoms with Gasteiger partial charge >= 0.3 is 0 Å². The average molecular weight is 294 g/mol. The third-order valence-corrected chi connectivity index (χ3v) is 2.61. The van der Waals surface area contributed by atoms with E-state index in [2.05, 4.69) is 19.7 Å². The first kappa shape index (κ1) is 19.6. The van der Waals surface area contributed by atoms with Crippen LogP contribution in [0.5, 0.6) is 0 Å². The molecule has 0 fully saturated rings. The minimum absolute atomic E-state index is 0.597. The van der Waals surface area contributed by atoms with Gasteiger partial charge in [-0.3, -0.25) is 0 Å². The van der Waals surface area contributed by atoms with E-state index in [0.717, 1.165) is 11.1 Å². The Morgan fingerprint density at radius 3 is 1.14 bits per heavy atom. The third kappa shape index (κ3) is 9.48. The Morgan fingerprint density at radius 1 is 0.591 bits per heavy atom. The zero-order chi connectivity index (χ0) is 16.6. The minimum Gasteiger partial charge on any atom is -0.329 e. The van der Waals surface area contributed by atoms with Crippen molar-refractivity contribution in [2.24, 2.45) is 11.5 Å². The summed E-state index contributed by atoms with van der Waals surface area (Å²) in [5.74, 6) is 0. The molecule has 0 radical (unpaired) electrons. The second-order valence-electron chi connectivity index (χ2n) is 4.27. The highest BCUT2D eigenvalue weighted by molar-refractivity contribution is 5.53. The van der Waals surface area contributed by atoms with Crippen molar-refractivity contribution in [2.45, 2.75) is 0 Å². The molecule has 0 bridgehead atoms. The van der Waals surface area contributed by atoms with Crippen LogP contribution in [-0.4, -0.2) is 13.1 Å². The summed E-state index contributed by atoms with van der Waals surface area (Å²) in [7, 11) is 0. The summed E-state index contributed by atoms with van der Waals surface area (Å²) in [6.07, 6.45) is 5.49. The Morgan fingerprint density at radius 2 is 0.909 bits per heavy atom. The topological polar surface area (TPSA) is 52.0 Å². The largest absolute Gasteiger partial charge is 0.329 e.